The summed E-state index contributed by atoms with van der Waals surface area (Å²) in [6, 6.07) is 12.5. The molecule has 0 fully saturated rings. The third kappa shape index (κ3) is 5.96. The fourth-order valence-electron chi connectivity index (χ4n) is 3.09. The van der Waals surface area contributed by atoms with Crippen LogP contribution in [0.25, 0.3) is 11.5 Å². The van der Waals surface area contributed by atoms with Crippen LogP contribution in [0.1, 0.15) is 19.2 Å². The predicted molar refractivity (Wildman–Crippen MR) is 118 cm³/mol. The third-order valence-corrected chi connectivity index (χ3v) is 4.85. The zero-order valence-electron chi connectivity index (χ0n) is 17.7. The summed E-state index contributed by atoms with van der Waals surface area (Å²) in [6.07, 6.45) is 0.862. The van der Waals surface area contributed by atoms with E-state index in [1.165, 1.54) is 0 Å². The maximum atomic E-state index is 12.7. The standard InChI is InChI=1S/C22H25ClN4O4/c1-4-11-27(13-20(28)24-18-12-15(29-2)9-10-19(18)30-3)14-21-25-26-22(31-21)16-7-5-6-8-17(16)23/h5-10,12H,4,11,13-14H2,1-3H3,(H,24,28). The van der Waals surface area contributed by atoms with Gasteiger partial charge in [0.15, 0.2) is 0 Å². The lowest BCUT2D eigenvalue weighted by Crippen LogP contribution is -2.33. The quantitative estimate of drug-likeness (QED) is 0.499. The highest BCUT2D eigenvalue weighted by Gasteiger charge is 2.17. The van der Waals surface area contributed by atoms with Gasteiger partial charge in [0.2, 0.25) is 17.7 Å². The molecule has 0 aliphatic rings. The number of methoxy groups -OCH3 is 2. The van der Waals surface area contributed by atoms with Gasteiger partial charge in [-0.15, -0.1) is 10.2 Å². The van der Waals surface area contributed by atoms with E-state index >= 15 is 0 Å². The molecule has 1 aromatic heterocycles. The number of hydrogen-bond acceptors (Lipinski definition) is 7. The fraction of sp³-hybridized carbons (Fsp3) is 0.318. The molecule has 0 atom stereocenters. The lowest BCUT2D eigenvalue weighted by Gasteiger charge is -2.19. The van der Waals surface area contributed by atoms with Gasteiger partial charge in [-0.3, -0.25) is 9.69 Å². The maximum absolute atomic E-state index is 12.7. The Bertz CT molecular complexity index is 1020. The normalized spacial score (nSPS) is 10.9. The molecule has 0 saturated heterocycles. The number of hydrogen-bond donors (Lipinski definition) is 1. The highest BCUT2D eigenvalue weighted by atomic mass is 35.5. The van der Waals surface area contributed by atoms with Crippen LogP contribution in [0.4, 0.5) is 5.69 Å². The first-order valence-corrected chi connectivity index (χ1v) is 10.2. The number of halogens is 1. The summed E-state index contributed by atoms with van der Waals surface area (Å²) < 4.78 is 16.3. The van der Waals surface area contributed by atoms with Crippen molar-refractivity contribution in [1.29, 1.82) is 0 Å². The molecule has 0 unspecified atom stereocenters. The van der Waals surface area contributed by atoms with Crippen molar-refractivity contribution in [1.82, 2.24) is 15.1 Å². The topological polar surface area (TPSA) is 89.7 Å². The highest BCUT2D eigenvalue weighted by molar-refractivity contribution is 6.33. The minimum atomic E-state index is -0.189. The van der Waals surface area contributed by atoms with Gasteiger partial charge in [-0.05, 0) is 37.2 Å². The summed E-state index contributed by atoms with van der Waals surface area (Å²) in [5.74, 6) is 1.75. The number of ether oxygens (including phenoxy) is 2. The van der Waals surface area contributed by atoms with Crippen LogP contribution in [0.5, 0.6) is 11.5 Å². The molecule has 164 valence electrons. The van der Waals surface area contributed by atoms with E-state index in [1.54, 1.807) is 38.5 Å². The first kappa shape index (κ1) is 22.6. The molecule has 3 aromatic rings. The van der Waals surface area contributed by atoms with E-state index in [4.69, 9.17) is 25.5 Å². The average molecular weight is 445 g/mol. The first-order chi connectivity index (χ1) is 15.0. The van der Waals surface area contributed by atoms with Gasteiger partial charge in [0.25, 0.3) is 0 Å². The minimum Gasteiger partial charge on any atom is -0.497 e. The summed E-state index contributed by atoms with van der Waals surface area (Å²) in [5, 5.41) is 11.6. The monoisotopic (exact) mass is 444 g/mol. The van der Waals surface area contributed by atoms with Crippen LogP contribution in [0.3, 0.4) is 0 Å². The van der Waals surface area contributed by atoms with Crippen LogP contribution in [0.15, 0.2) is 46.9 Å². The Labute approximate surface area is 186 Å². The summed E-state index contributed by atoms with van der Waals surface area (Å²) >= 11 is 6.21. The number of rotatable bonds is 10. The first-order valence-electron chi connectivity index (χ1n) is 9.85. The van der Waals surface area contributed by atoms with Crippen LogP contribution < -0.4 is 14.8 Å². The smallest absolute Gasteiger partial charge is 0.249 e. The van der Waals surface area contributed by atoms with Crippen LogP contribution in [-0.4, -0.2) is 48.3 Å². The molecule has 0 spiro atoms. The second-order valence-electron chi connectivity index (χ2n) is 6.81. The number of carbonyl (C=O) groups excluding carboxylic acids is 1. The number of aromatic nitrogens is 2. The molecule has 9 heteroatoms. The number of nitrogens with one attached hydrogen (secondary N) is 1. The molecule has 31 heavy (non-hydrogen) atoms. The van der Waals surface area contributed by atoms with E-state index in [1.807, 2.05) is 30.0 Å². The van der Waals surface area contributed by atoms with Gasteiger partial charge >= 0.3 is 0 Å². The number of carbonyl (C=O) groups is 1. The van der Waals surface area contributed by atoms with E-state index in [-0.39, 0.29) is 12.5 Å². The Kier molecular flexibility index (Phi) is 7.86. The van der Waals surface area contributed by atoms with Gasteiger partial charge in [0.05, 0.1) is 43.6 Å². The molecule has 0 bridgehead atoms. The van der Waals surface area contributed by atoms with Gasteiger partial charge in [0, 0.05) is 6.07 Å². The Hall–Kier alpha value is -3.10. The summed E-state index contributed by atoms with van der Waals surface area (Å²) in [5.41, 5.74) is 1.22. The summed E-state index contributed by atoms with van der Waals surface area (Å²) in [7, 11) is 3.12. The van der Waals surface area contributed by atoms with Gasteiger partial charge < -0.3 is 19.2 Å². The number of benzene rings is 2. The van der Waals surface area contributed by atoms with Crippen LogP contribution >= 0.6 is 11.6 Å². The lowest BCUT2D eigenvalue weighted by molar-refractivity contribution is -0.117. The molecule has 0 aliphatic carbocycles. The molecular weight excluding hydrogens is 420 g/mol. The Morgan fingerprint density at radius 3 is 2.68 bits per heavy atom. The van der Waals surface area contributed by atoms with Gasteiger partial charge in [-0.1, -0.05) is 30.7 Å². The number of anilines is 1. The number of amides is 1. The van der Waals surface area contributed by atoms with Crippen molar-refractivity contribution in [3.8, 4) is 23.0 Å². The van der Waals surface area contributed by atoms with E-state index in [2.05, 4.69) is 15.5 Å². The van der Waals surface area contributed by atoms with Crippen LogP contribution in [-0.2, 0) is 11.3 Å². The van der Waals surface area contributed by atoms with Crippen molar-refractivity contribution in [3.05, 3.63) is 53.4 Å². The van der Waals surface area contributed by atoms with Crippen molar-refractivity contribution in [2.24, 2.45) is 0 Å². The molecule has 0 saturated carbocycles. The summed E-state index contributed by atoms with van der Waals surface area (Å²) in [4.78, 5) is 14.6. The van der Waals surface area contributed by atoms with Crippen molar-refractivity contribution >= 4 is 23.2 Å². The zero-order valence-corrected chi connectivity index (χ0v) is 18.5. The largest absolute Gasteiger partial charge is 0.497 e. The lowest BCUT2D eigenvalue weighted by atomic mass is 10.2. The SMILES string of the molecule is CCCN(CC(=O)Nc1cc(OC)ccc1OC)Cc1nnc(-c2ccccc2Cl)o1. The summed E-state index contributed by atoms with van der Waals surface area (Å²) in [6.45, 7) is 3.22. The molecule has 8 nitrogen and oxygen atoms in total. The minimum absolute atomic E-state index is 0.151. The average Bonchev–Trinajstić information content (AvgIpc) is 3.22. The zero-order chi connectivity index (χ0) is 22.2. The van der Waals surface area contributed by atoms with E-state index < -0.39 is 0 Å². The van der Waals surface area contributed by atoms with Gasteiger partial charge in [0.1, 0.15) is 11.5 Å². The van der Waals surface area contributed by atoms with Crippen molar-refractivity contribution in [2.75, 3.05) is 32.6 Å². The highest BCUT2D eigenvalue weighted by Crippen LogP contribution is 2.29. The van der Waals surface area contributed by atoms with E-state index in [0.717, 1.165) is 6.42 Å². The van der Waals surface area contributed by atoms with Gasteiger partial charge in [-0.25, -0.2) is 0 Å². The molecule has 2 aromatic carbocycles. The Morgan fingerprint density at radius 2 is 1.97 bits per heavy atom. The molecule has 0 radical (unpaired) electrons. The van der Waals surface area contributed by atoms with Crippen LogP contribution in [0.2, 0.25) is 5.02 Å². The van der Waals surface area contributed by atoms with E-state index in [9.17, 15) is 4.79 Å². The van der Waals surface area contributed by atoms with E-state index in [0.29, 0.717) is 52.6 Å². The van der Waals surface area contributed by atoms with Crippen LogP contribution in [0, 0.1) is 0 Å². The Morgan fingerprint density at radius 1 is 1.16 bits per heavy atom. The molecule has 3 rings (SSSR count). The molecule has 1 N–H and O–H groups in total. The maximum Gasteiger partial charge on any atom is 0.249 e. The molecular formula is C22H25ClN4O4. The van der Waals surface area contributed by atoms with Crippen molar-refractivity contribution in [2.45, 2.75) is 19.9 Å². The Balaban J connectivity index is 1.68. The molecule has 1 amide bonds. The van der Waals surface area contributed by atoms with Gasteiger partial charge in [-0.2, -0.15) is 0 Å². The predicted octanol–water partition coefficient (Wildman–Crippen LogP) is 4.26. The number of nitrogens with zero attached hydrogens (tertiary/aromatic N) is 3. The second-order valence-corrected chi connectivity index (χ2v) is 7.21. The second kappa shape index (κ2) is 10.8. The fourth-order valence-corrected chi connectivity index (χ4v) is 3.30. The molecule has 0 aliphatic heterocycles. The third-order valence-electron chi connectivity index (χ3n) is 4.52. The van der Waals surface area contributed by atoms with Crippen molar-refractivity contribution in [3.63, 3.8) is 0 Å². The molecule has 1 heterocycles. The van der Waals surface area contributed by atoms with Crippen molar-refractivity contribution < 1.29 is 18.7 Å².